The first-order chi connectivity index (χ1) is 14.1. The van der Waals surface area contributed by atoms with Gasteiger partial charge in [-0.2, -0.15) is 0 Å². The van der Waals surface area contributed by atoms with Gasteiger partial charge in [-0.25, -0.2) is 4.79 Å². The Bertz CT molecular complexity index is 782. The number of hydrogen-bond acceptors (Lipinski definition) is 5. The van der Waals surface area contributed by atoms with E-state index >= 15 is 0 Å². The Balaban J connectivity index is 1.77. The van der Waals surface area contributed by atoms with Gasteiger partial charge in [0.2, 0.25) is 0 Å². The fraction of sp³-hybridized carbons (Fsp3) is 0.348. The summed E-state index contributed by atoms with van der Waals surface area (Å²) in [5, 5.41) is 0. The normalized spacial score (nSPS) is 26.6. The van der Waals surface area contributed by atoms with Crippen molar-refractivity contribution in [3.05, 3.63) is 84.4 Å². The third-order valence-corrected chi connectivity index (χ3v) is 5.01. The average molecular weight is 417 g/mol. The van der Waals surface area contributed by atoms with Crippen LogP contribution in [0.4, 0.5) is 0 Å². The van der Waals surface area contributed by atoms with E-state index in [1.807, 2.05) is 43.3 Å². The van der Waals surface area contributed by atoms with Gasteiger partial charge in [-0.15, -0.1) is 6.58 Å². The topological polar surface area (TPSA) is 54.0 Å². The Hall–Kier alpha value is -2.18. The van der Waals surface area contributed by atoms with Crippen LogP contribution in [0.5, 0.6) is 0 Å². The van der Waals surface area contributed by atoms with E-state index < -0.39 is 29.8 Å². The predicted octanol–water partition coefficient (Wildman–Crippen LogP) is 4.35. The van der Waals surface area contributed by atoms with Gasteiger partial charge >= 0.3 is 5.97 Å². The van der Waals surface area contributed by atoms with Gasteiger partial charge in [0.05, 0.1) is 24.9 Å². The summed E-state index contributed by atoms with van der Waals surface area (Å²) in [4.78, 5) is 12.6. The van der Waals surface area contributed by atoms with E-state index in [0.29, 0.717) is 12.2 Å². The summed E-state index contributed by atoms with van der Waals surface area (Å²) in [5.74, 6) is -0.492. The molecule has 0 aromatic heterocycles. The first kappa shape index (κ1) is 21.5. The average Bonchev–Trinajstić information content (AvgIpc) is 2.75. The number of halogens is 1. The highest BCUT2D eigenvalue weighted by atomic mass is 35.5. The second-order valence-corrected chi connectivity index (χ2v) is 7.21. The Morgan fingerprint density at radius 3 is 2.34 bits per heavy atom. The van der Waals surface area contributed by atoms with E-state index in [1.54, 1.807) is 30.3 Å². The molecule has 0 saturated carbocycles. The molecule has 1 aliphatic heterocycles. The van der Waals surface area contributed by atoms with Crippen molar-refractivity contribution in [2.24, 2.45) is 0 Å². The lowest BCUT2D eigenvalue weighted by atomic mass is 9.99. The van der Waals surface area contributed by atoms with Crippen LogP contribution >= 0.6 is 11.6 Å². The number of hydrogen-bond donors (Lipinski definition) is 0. The van der Waals surface area contributed by atoms with Crippen LogP contribution in [-0.2, 0) is 25.6 Å². The zero-order chi connectivity index (χ0) is 20.6. The highest BCUT2D eigenvalue weighted by molar-refractivity contribution is 6.20. The predicted molar refractivity (Wildman–Crippen MR) is 111 cm³/mol. The van der Waals surface area contributed by atoms with Crippen molar-refractivity contribution in [3.8, 4) is 0 Å². The van der Waals surface area contributed by atoms with Crippen LogP contribution in [-0.4, -0.2) is 42.6 Å². The Labute approximate surface area is 176 Å². The monoisotopic (exact) mass is 416 g/mol. The number of carbonyl (C=O) groups excluding carboxylic acids is 1. The molecule has 0 spiro atoms. The van der Waals surface area contributed by atoms with Crippen LogP contribution < -0.4 is 0 Å². The summed E-state index contributed by atoms with van der Waals surface area (Å²) in [7, 11) is 0. The third-order valence-electron chi connectivity index (χ3n) is 4.66. The van der Waals surface area contributed by atoms with E-state index in [1.165, 1.54) is 0 Å². The van der Waals surface area contributed by atoms with Gasteiger partial charge in [0, 0.05) is 0 Å². The van der Waals surface area contributed by atoms with E-state index in [2.05, 4.69) is 6.58 Å². The van der Waals surface area contributed by atoms with Crippen LogP contribution in [0.15, 0.2) is 73.3 Å². The lowest BCUT2D eigenvalue weighted by Crippen LogP contribution is -2.58. The number of alkyl halides is 1. The molecule has 154 valence electrons. The number of rotatable bonds is 8. The molecular weight excluding hydrogens is 392 g/mol. The zero-order valence-electron chi connectivity index (χ0n) is 16.3. The Kier molecular flexibility index (Phi) is 7.83. The molecule has 5 atom stereocenters. The molecule has 0 radical (unpaired) electrons. The van der Waals surface area contributed by atoms with Gasteiger partial charge < -0.3 is 18.9 Å². The van der Waals surface area contributed by atoms with Crippen molar-refractivity contribution >= 4 is 17.6 Å². The molecular formula is C23H25ClO5. The van der Waals surface area contributed by atoms with E-state index in [4.69, 9.17) is 30.5 Å². The summed E-state index contributed by atoms with van der Waals surface area (Å²) in [6.45, 7) is 6.21. The van der Waals surface area contributed by atoms with E-state index in [-0.39, 0.29) is 12.7 Å². The highest BCUT2D eigenvalue weighted by Gasteiger charge is 2.47. The minimum atomic E-state index is -0.857. The maximum absolute atomic E-state index is 12.6. The molecule has 0 aliphatic carbocycles. The van der Waals surface area contributed by atoms with Crippen molar-refractivity contribution < 1.29 is 23.7 Å². The van der Waals surface area contributed by atoms with Gasteiger partial charge in [-0.1, -0.05) is 66.2 Å². The summed E-state index contributed by atoms with van der Waals surface area (Å²) in [5.41, 5.74) is 0.594. The maximum atomic E-state index is 12.6. The van der Waals surface area contributed by atoms with Crippen LogP contribution in [0.3, 0.4) is 0 Å². The highest BCUT2D eigenvalue weighted by Crippen LogP contribution is 2.31. The molecule has 6 heteroatoms. The molecule has 1 aliphatic rings. The standard InChI is InChI=1S/C23H25ClO5/c1-3-14-26-20-19(27-15-17-10-6-4-7-11-17)16(2)28-22(24)21(20)29-23(25)18-12-8-5-9-13-18/h3-13,16,19-22H,1,14-15H2,2H3. The number of esters is 1. The lowest BCUT2D eigenvalue weighted by molar-refractivity contribution is -0.225. The van der Waals surface area contributed by atoms with E-state index in [0.717, 1.165) is 5.56 Å². The van der Waals surface area contributed by atoms with Crippen LogP contribution in [0.2, 0.25) is 0 Å². The van der Waals surface area contributed by atoms with Crippen molar-refractivity contribution in [3.63, 3.8) is 0 Å². The molecule has 5 nitrogen and oxygen atoms in total. The fourth-order valence-corrected chi connectivity index (χ4v) is 3.57. The van der Waals surface area contributed by atoms with Crippen molar-refractivity contribution in [1.82, 2.24) is 0 Å². The first-order valence-electron chi connectivity index (χ1n) is 9.53. The van der Waals surface area contributed by atoms with Gasteiger partial charge in [0.1, 0.15) is 12.2 Å². The first-order valence-corrected chi connectivity index (χ1v) is 9.97. The SMILES string of the molecule is C=CCOC1C(OCc2ccccc2)C(C)OC(Cl)C1OC(=O)c1ccccc1. The molecule has 1 saturated heterocycles. The van der Waals surface area contributed by atoms with Crippen LogP contribution in [0.25, 0.3) is 0 Å². The van der Waals surface area contributed by atoms with Crippen LogP contribution in [0.1, 0.15) is 22.8 Å². The second kappa shape index (κ2) is 10.6. The number of benzene rings is 2. The zero-order valence-corrected chi connectivity index (χ0v) is 17.0. The molecule has 0 N–H and O–H groups in total. The molecule has 1 heterocycles. The maximum Gasteiger partial charge on any atom is 0.338 e. The van der Waals surface area contributed by atoms with Crippen molar-refractivity contribution in [2.75, 3.05) is 6.61 Å². The number of carbonyl (C=O) groups is 1. The summed E-state index contributed by atoms with van der Waals surface area (Å²) in [6.07, 6.45) is -0.619. The van der Waals surface area contributed by atoms with Crippen molar-refractivity contribution in [2.45, 2.75) is 43.5 Å². The van der Waals surface area contributed by atoms with E-state index in [9.17, 15) is 4.79 Å². The molecule has 2 aromatic carbocycles. The van der Waals surface area contributed by atoms with Crippen molar-refractivity contribution in [1.29, 1.82) is 0 Å². The lowest BCUT2D eigenvalue weighted by Gasteiger charge is -2.42. The van der Waals surface area contributed by atoms with Gasteiger partial charge in [-0.05, 0) is 24.6 Å². The van der Waals surface area contributed by atoms with Gasteiger partial charge in [-0.3, -0.25) is 0 Å². The minimum Gasteiger partial charge on any atom is -0.452 e. The molecule has 0 amide bonds. The summed E-state index contributed by atoms with van der Waals surface area (Å²) in [6, 6.07) is 18.5. The molecule has 0 bridgehead atoms. The molecule has 29 heavy (non-hydrogen) atoms. The largest absolute Gasteiger partial charge is 0.452 e. The molecule has 2 aromatic rings. The van der Waals surface area contributed by atoms with Gasteiger partial charge in [0.15, 0.2) is 11.7 Å². The third kappa shape index (κ3) is 5.67. The molecule has 5 unspecified atom stereocenters. The van der Waals surface area contributed by atoms with Gasteiger partial charge in [0.25, 0.3) is 0 Å². The quantitative estimate of drug-likeness (QED) is 0.363. The second-order valence-electron chi connectivity index (χ2n) is 6.78. The smallest absolute Gasteiger partial charge is 0.338 e. The molecule has 3 rings (SSSR count). The Morgan fingerprint density at radius 2 is 1.69 bits per heavy atom. The fourth-order valence-electron chi connectivity index (χ4n) is 3.22. The summed E-state index contributed by atoms with van der Waals surface area (Å²) < 4.78 is 23.6. The number of ether oxygens (including phenoxy) is 4. The minimum absolute atomic E-state index is 0.269. The summed E-state index contributed by atoms with van der Waals surface area (Å²) >= 11 is 6.40. The molecule has 1 fully saturated rings. The Morgan fingerprint density at radius 1 is 1.03 bits per heavy atom. The van der Waals surface area contributed by atoms with Crippen LogP contribution in [0, 0.1) is 0 Å².